The lowest BCUT2D eigenvalue weighted by Gasteiger charge is -2.36. The van der Waals surface area contributed by atoms with E-state index in [1.807, 2.05) is 30.3 Å². The third kappa shape index (κ3) is 4.24. The predicted molar refractivity (Wildman–Crippen MR) is 140 cm³/mol. The van der Waals surface area contributed by atoms with Gasteiger partial charge in [-0.15, -0.1) is 0 Å². The summed E-state index contributed by atoms with van der Waals surface area (Å²) < 4.78 is 0. The van der Waals surface area contributed by atoms with Crippen molar-refractivity contribution in [2.75, 3.05) is 30.0 Å². The molecule has 0 bridgehead atoms. The molecule has 0 aromatic heterocycles. The lowest BCUT2D eigenvalue weighted by atomic mass is 9.82. The fourth-order valence-corrected chi connectivity index (χ4v) is 5.80. The minimum Gasteiger partial charge on any atom is -0.394 e. The summed E-state index contributed by atoms with van der Waals surface area (Å²) in [6, 6.07) is 13.0. The molecular weight excluding hydrogens is 470 g/mol. The van der Waals surface area contributed by atoms with Crippen molar-refractivity contribution in [2.45, 2.75) is 50.8 Å². The Morgan fingerprint density at radius 3 is 2.65 bits per heavy atom. The Kier molecular flexibility index (Phi) is 6.64. The Labute approximate surface area is 216 Å². The molecule has 5 rings (SSSR count). The van der Waals surface area contributed by atoms with Gasteiger partial charge in [0.15, 0.2) is 5.60 Å². The Bertz CT molecular complexity index is 1270. The van der Waals surface area contributed by atoms with Crippen LogP contribution in [0.3, 0.4) is 0 Å². The van der Waals surface area contributed by atoms with Crippen molar-refractivity contribution in [1.82, 2.24) is 4.90 Å². The van der Waals surface area contributed by atoms with Gasteiger partial charge in [0, 0.05) is 50.1 Å². The second-order valence-electron chi connectivity index (χ2n) is 10.2. The lowest BCUT2D eigenvalue weighted by molar-refractivity contribution is -0.139. The minimum absolute atomic E-state index is 0.0362. The van der Waals surface area contributed by atoms with Gasteiger partial charge in [-0.3, -0.25) is 14.4 Å². The zero-order valence-electron chi connectivity index (χ0n) is 21.3. The molecule has 8 nitrogen and oxygen atoms in total. The van der Waals surface area contributed by atoms with Crippen molar-refractivity contribution in [1.29, 1.82) is 0 Å². The van der Waals surface area contributed by atoms with Crippen LogP contribution in [-0.2, 0) is 33.0 Å². The quantitative estimate of drug-likeness (QED) is 0.590. The monoisotopic (exact) mass is 503 g/mol. The van der Waals surface area contributed by atoms with Crippen molar-refractivity contribution >= 4 is 29.1 Å². The molecule has 3 amide bonds. The Morgan fingerprint density at radius 1 is 1.19 bits per heavy atom. The van der Waals surface area contributed by atoms with Crippen LogP contribution in [-0.4, -0.2) is 59.1 Å². The molecule has 3 atom stereocenters. The molecule has 0 spiro atoms. The maximum Gasteiger partial charge on any atom is 0.264 e. The molecule has 1 saturated heterocycles. The number of rotatable bonds is 6. The fraction of sp³-hybridized carbons (Fsp3) is 0.414. The molecule has 37 heavy (non-hydrogen) atoms. The molecular formula is C29H33N3O5. The maximum atomic E-state index is 13.2. The first-order valence-corrected chi connectivity index (χ1v) is 12.8. The van der Waals surface area contributed by atoms with Crippen LogP contribution in [0.4, 0.5) is 11.4 Å². The largest absolute Gasteiger partial charge is 0.394 e. The Hall–Kier alpha value is -3.49. The van der Waals surface area contributed by atoms with Crippen LogP contribution in [0.5, 0.6) is 0 Å². The van der Waals surface area contributed by atoms with E-state index in [-0.39, 0.29) is 30.9 Å². The number of hydrogen-bond donors (Lipinski definition) is 2. The molecule has 194 valence electrons. The van der Waals surface area contributed by atoms with E-state index in [4.69, 9.17) is 0 Å². The summed E-state index contributed by atoms with van der Waals surface area (Å²) in [5.41, 5.74) is 2.17. The van der Waals surface area contributed by atoms with Crippen molar-refractivity contribution in [3.05, 3.63) is 71.3 Å². The van der Waals surface area contributed by atoms with Crippen LogP contribution < -0.4 is 9.80 Å². The maximum absolute atomic E-state index is 13.2. The van der Waals surface area contributed by atoms with E-state index in [0.29, 0.717) is 42.9 Å². The highest BCUT2D eigenvalue weighted by atomic mass is 16.3. The highest BCUT2D eigenvalue weighted by Crippen LogP contribution is 2.46. The number of carbonyl (C=O) groups is 3. The van der Waals surface area contributed by atoms with Crippen LogP contribution in [0.1, 0.15) is 42.9 Å². The molecule has 0 radical (unpaired) electrons. The average Bonchev–Trinajstić information content (AvgIpc) is 3.43. The van der Waals surface area contributed by atoms with Gasteiger partial charge in [-0.2, -0.15) is 0 Å². The second-order valence-corrected chi connectivity index (χ2v) is 10.2. The molecule has 1 fully saturated rings. The summed E-state index contributed by atoms with van der Waals surface area (Å²) in [6.07, 6.45) is 5.38. The first-order chi connectivity index (χ1) is 17.8. The van der Waals surface area contributed by atoms with Crippen LogP contribution in [0, 0.1) is 5.92 Å². The predicted octanol–water partition coefficient (Wildman–Crippen LogP) is 2.51. The third-order valence-electron chi connectivity index (χ3n) is 8.03. The average molecular weight is 504 g/mol. The molecule has 2 N–H and O–H groups in total. The molecule has 3 aliphatic heterocycles. The summed E-state index contributed by atoms with van der Waals surface area (Å²) >= 11 is 0. The van der Waals surface area contributed by atoms with Gasteiger partial charge in [-0.1, -0.05) is 43.3 Å². The SMILES string of the molecule is C[C@@H](/C=C/CC(=O)N1Cc2ccccc2C[C@H]1CO)[C@]1(O)C(=O)N(C)c2ccc(N3CCCC3=O)cc21. The van der Waals surface area contributed by atoms with Gasteiger partial charge in [0.1, 0.15) is 0 Å². The van der Waals surface area contributed by atoms with E-state index in [1.54, 1.807) is 48.1 Å². The minimum atomic E-state index is -1.81. The molecule has 2 aromatic rings. The van der Waals surface area contributed by atoms with Gasteiger partial charge in [-0.05, 0) is 42.2 Å². The fourth-order valence-electron chi connectivity index (χ4n) is 5.80. The molecule has 2 aromatic carbocycles. The third-order valence-corrected chi connectivity index (χ3v) is 8.03. The van der Waals surface area contributed by atoms with E-state index in [2.05, 4.69) is 0 Å². The van der Waals surface area contributed by atoms with Crippen molar-refractivity contribution in [3.8, 4) is 0 Å². The van der Waals surface area contributed by atoms with Gasteiger partial charge in [-0.25, -0.2) is 0 Å². The molecule has 0 saturated carbocycles. The first-order valence-electron chi connectivity index (χ1n) is 12.8. The molecule has 3 aliphatic rings. The van der Waals surface area contributed by atoms with Gasteiger partial charge in [0.05, 0.1) is 18.3 Å². The number of nitrogens with zero attached hydrogens (tertiary/aromatic N) is 3. The standard InChI is InChI=1S/C29H33N3O5/c1-19(7-5-10-27(35)32-17-21-9-4-3-8-20(21)15-23(32)18-33)29(37)24-16-22(31-14-6-11-26(31)34)12-13-25(24)30(2)28(29)36/h3-5,7-9,12-13,16,19,23,33,37H,6,10-11,14-15,17-18H2,1-2H3/b7-5+/t19-,23-,29+/m0/s1. The number of carbonyl (C=O) groups excluding carboxylic acids is 3. The molecule has 0 unspecified atom stereocenters. The number of benzene rings is 2. The van der Waals surface area contributed by atoms with E-state index >= 15 is 0 Å². The number of anilines is 2. The number of aliphatic hydroxyl groups is 2. The molecule has 3 heterocycles. The van der Waals surface area contributed by atoms with Crippen LogP contribution in [0.25, 0.3) is 0 Å². The van der Waals surface area contributed by atoms with Crippen LogP contribution in [0.2, 0.25) is 0 Å². The molecule has 0 aliphatic carbocycles. The number of likely N-dealkylation sites (N-methyl/N-ethyl adjacent to an activating group) is 1. The van der Waals surface area contributed by atoms with Gasteiger partial charge in [0.25, 0.3) is 5.91 Å². The number of amides is 3. The van der Waals surface area contributed by atoms with E-state index in [0.717, 1.165) is 17.5 Å². The summed E-state index contributed by atoms with van der Waals surface area (Å²) in [6.45, 7) is 2.71. The summed E-state index contributed by atoms with van der Waals surface area (Å²) in [5, 5.41) is 21.6. The van der Waals surface area contributed by atoms with Gasteiger partial charge >= 0.3 is 0 Å². The second kappa shape index (κ2) is 9.76. The van der Waals surface area contributed by atoms with Crippen molar-refractivity contribution < 1.29 is 24.6 Å². The first kappa shape index (κ1) is 25.2. The van der Waals surface area contributed by atoms with Crippen LogP contribution >= 0.6 is 0 Å². The van der Waals surface area contributed by atoms with Gasteiger partial charge in [0.2, 0.25) is 11.8 Å². The zero-order valence-corrected chi connectivity index (χ0v) is 21.3. The summed E-state index contributed by atoms with van der Waals surface area (Å²) in [7, 11) is 1.63. The normalized spacial score (nSPS) is 24.1. The van der Waals surface area contributed by atoms with Crippen molar-refractivity contribution in [2.24, 2.45) is 5.92 Å². The van der Waals surface area contributed by atoms with E-state index in [9.17, 15) is 24.6 Å². The smallest absolute Gasteiger partial charge is 0.264 e. The van der Waals surface area contributed by atoms with E-state index < -0.39 is 17.4 Å². The Morgan fingerprint density at radius 2 is 1.95 bits per heavy atom. The summed E-state index contributed by atoms with van der Waals surface area (Å²) in [4.78, 5) is 43.4. The summed E-state index contributed by atoms with van der Waals surface area (Å²) in [5.74, 6) is -1.14. The topological polar surface area (TPSA) is 101 Å². The number of fused-ring (bicyclic) bond motifs is 2. The van der Waals surface area contributed by atoms with Crippen molar-refractivity contribution in [3.63, 3.8) is 0 Å². The zero-order chi connectivity index (χ0) is 26.3. The Balaban J connectivity index is 1.34. The lowest BCUT2D eigenvalue weighted by Crippen LogP contribution is -2.46. The highest BCUT2D eigenvalue weighted by molar-refractivity contribution is 6.07. The van der Waals surface area contributed by atoms with Gasteiger partial charge < -0.3 is 24.9 Å². The number of aliphatic hydroxyl groups excluding tert-OH is 1. The molecule has 8 heteroatoms. The highest BCUT2D eigenvalue weighted by Gasteiger charge is 2.51. The van der Waals surface area contributed by atoms with Crippen LogP contribution in [0.15, 0.2) is 54.6 Å². The number of hydrogen-bond acceptors (Lipinski definition) is 5. The van der Waals surface area contributed by atoms with E-state index in [1.165, 1.54) is 4.90 Å².